The summed E-state index contributed by atoms with van der Waals surface area (Å²) in [5.41, 5.74) is 7.16. The Balaban J connectivity index is 1.36. The summed E-state index contributed by atoms with van der Waals surface area (Å²) in [6, 6.07) is 18.1. The Labute approximate surface area is 187 Å². The molecule has 0 saturated heterocycles. The van der Waals surface area contributed by atoms with Gasteiger partial charge in [0.05, 0.1) is 0 Å². The summed E-state index contributed by atoms with van der Waals surface area (Å²) in [4.78, 5) is 27.9. The first-order chi connectivity index (χ1) is 15.4. The molecule has 1 atom stereocenters. The molecule has 0 spiro atoms. The number of carbonyl (C=O) groups excluding carboxylic acids is 2. The van der Waals surface area contributed by atoms with Crippen LogP contribution in [-0.4, -0.2) is 22.9 Å². The molecular weight excluding hydrogens is 434 g/mol. The lowest BCUT2D eigenvalue weighted by molar-refractivity contribution is -0.122. The summed E-state index contributed by atoms with van der Waals surface area (Å²) in [5.74, 6) is -0.00274. The number of ether oxygens (including phenoxy) is 2. The molecule has 32 heavy (non-hydrogen) atoms. The molecule has 1 heterocycles. The van der Waals surface area contributed by atoms with Crippen LogP contribution in [0.5, 0.6) is 17.6 Å². The first-order valence-corrected chi connectivity index (χ1v) is 9.96. The Morgan fingerprint density at radius 2 is 1.81 bits per heavy atom. The third-order valence-electron chi connectivity index (χ3n) is 4.46. The molecule has 3 aromatic carbocycles. The number of amides is 2. The van der Waals surface area contributed by atoms with E-state index in [9.17, 15) is 9.59 Å². The number of nitrogens with two attached hydrogens (primary N) is 1. The van der Waals surface area contributed by atoms with E-state index in [0.29, 0.717) is 38.9 Å². The average Bonchev–Trinajstić information content (AvgIpc) is 3.16. The number of benzene rings is 3. The van der Waals surface area contributed by atoms with Crippen LogP contribution in [0.15, 0.2) is 71.1 Å². The second-order valence-electron chi connectivity index (χ2n) is 6.86. The second kappa shape index (κ2) is 8.99. The number of nitrogens with zero attached hydrogens (tertiary/aromatic N) is 1. The maximum atomic E-state index is 12.4. The number of fused-ring (bicyclic) bond motifs is 1. The zero-order chi connectivity index (χ0) is 22.7. The monoisotopic (exact) mass is 451 g/mol. The van der Waals surface area contributed by atoms with Gasteiger partial charge in [0.15, 0.2) is 11.7 Å². The van der Waals surface area contributed by atoms with E-state index in [4.69, 9.17) is 31.2 Å². The number of hydrogen-bond acceptors (Lipinski definition) is 6. The summed E-state index contributed by atoms with van der Waals surface area (Å²) in [6.45, 7) is 1.61. The van der Waals surface area contributed by atoms with Crippen LogP contribution in [0.25, 0.3) is 11.1 Å². The molecule has 3 N–H and O–H groups in total. The summed E-state index contributed by atoms with van der Waals surface area (Å²) >= 11 is 5.94. The van der Waals surface area contributed by atoms with Crippen molar-refractivity contribution in [3.63, 3.8) is 0 Å². The summed E-state index contributed by atoms with van der Waals surface area (Å²) in [7, 11) is 0. The lowest BCUT2D eigenvalue weighted by Crippen LogP contribution is -2.30. The van der Waals surface area contributed by atoms with Crippen molar-refractivity contribution in [2.45, 2.75) is 13.0 Å². The van der Waals surface area contributed by atoms with Crippen molar-refractivity contribution < 1.29 is 23.5 Å². The highest BCUT2D eigenvalue weighted by Gasteiger charge is 2.16. The highest BCUT2D eigenvalue weighted by molar-refractivity contribution is 6.31. The number of carbonyl (C=O) groups is 2. The Bertz CT molecular complexity index is 1290. The van der Waals surface area contributed by atoms with Gasteiger partial charge >= 0.3 is 6.08 Å². The van der Waals surface area contributed by atoms with E-state index in [-0.39, 0.29) is 12.0 Å². The predicted molar refractivity (Wildman–Crippen MR) is 119 cm³/mol. The molecule has 1 aromatic heterocycles. The predicted octanol–water partition coefficient (Wildman–Crippen LogP) is 4.78. The minimum Gasteiger partial charge on any atom is -0.481 e. The second-order valence-corrected chi connectivity index (χ2v) is 7.30. The number of halogens is 1. The van der Waals surface area contributed by atoms with Crippen molar-refractivity contribution >= 4 is 40.2 Å². The Morgan fingerprint density at radius 3 is 2.56 bits per heavy atom. The first kappa shape index (κ1) is 21.2. The van der Waals surface area contributed by atoms with Gasteiger partial charge in [-0.3, -0.25) is 9.59 Å². The number of aromatic nitrogens is 1. The molecule has 0 fully saturated rings. The molecule has 1 unspecified atom stereocenters. The molecule has 2 amide bonds. The minimum absolute atomic E-state index is 0.0851. The lowest BCUT2D eigenvalue weighted by atomic mass is 10.2. The van der Waals surface area contributed by atoms with E-state index < -0.39 is 12.0 Å². The fourth-order valence-electron chi connectivity index (χ4n) is 2.86. The normalized spacial score (nSPS) is 11.7. The van der Waals surface area contributed by atoms with Crippen molar-refractivity contribution in [2.75, 3.05) is 5.32 Å². The van der Waals surface area contributed by atoms with E-state index in [0.717, 1.165) is 0 Å². The molecule has 0 saturated carbocycles. The fourth-order valence-corrected chi connectivity index (χ4v) is 3.02. The maximum Gasteiger partial charge on any atom is 0.400 e. The SMILES string of the molecule is CC(Oc1ccc(Oc2nc3ccc(Cl)cc3o2)cc1)C(=O)Nc1cccc(C(N)=O)c1. The van der Waals surface area contributed by atoms with E-state index in [1.807, 2.05) is 0 Å². The van der Waals surface area contributed by atoms with Gasteiger partial charge in [-0.25, -0.2) is 0 Å². The zero-order valence-electron chi connectivity index (χ0n) is 16.9. The van der Waals surface area contributed by atoms with Crippen LogP contribution in [0.2, 0.25) is 5.02 Å². The Morgan fingerprint density at radius 1 is 1.06 bits per heavy atom. The molecule has 4 aromatic rings. The third-order valence-corrected chi connectivity index (χ3v) is 4.69. The van der Waals surface area contributed by atoms with E-state index in [1.165, 1.54) is 6.07 Å². The van der Waals surface area contributed by atoms with Crippen molar-refractivity contribution in [2.24, 2.45) is 5.73 Å². The van der Waals surface area contributed by atoms with Crippen LogP contribution in [-0.2, 0) is 4.79 Å². The van der Waals surface area contributed by atoms with Gasteiger partial charge in [0.1, 0.15) is 17.0 Å². The standard InChI is InChI=1S/C23H18ClN3O5/c1-13(22(29)26-16-4-2-3-14(11-16)21(25)28)30-17-6-8-18(9-7-17)31-23-27-19-10-5-15(24)12-20(19)32-23/h2-13H,1H3,(H2,25,28)(H,26,29). The van der Waals surface area contributed by atoms with Gasteiger partial charge in [0, 0.05) is 22.3 Å². The number of primary amides is 1. The van der Waals surface area contributed by atoms with Gasteiger partial charge < -0.3 is 24.9 Å². The van der Waals surface area contributed by atoms with Gasteiger partial charge in [-0.2, -0.15) is 4.98 Å². The number of hydrogen-bond donors (Lipinski definition) is 2. The van der Waals surface area contributed by atoms with Crippen LogP contribution >= 0.6 is 11.6 Å². The molecule has 0 radical (unpaired) electrons. The van der Waals surface area contributed by atoms with Crippen molar-refractivity contribution in [1.82, 2.24) is 4.98 Å². The molecule has 9 heteroatoms. The molecule has 8 nitrogen and oxygen atoms in total. The third kappa shape index (κ3) is 4.98. The van der Waals surface area contributed by atoms with Gasteiger partial charge in [-0.1, -0.05) is 17.7 Å². The highest BCUT2D eigenvalue weighted by atomic mass is 35.5. The molecule has 0 aliphatic heterocycles. The highest BCUT2D eigenvalue weighted by Crippen LogP contribution is 2.28. The van der Waals surface area contributed by atoms with E-state index in [2.05, 4.69) is 10.3 Å². The quantitative estimate of drug-likeness (QED) is 0.417. The summed E-state index contributed by atoms with van der Waals surface area (Å²) in [6.07, 6.45) is -0.706. The lowest BCUT2D eigenvalue weighted by Gasteiger charge is -2.15. The van der Waals surface area contributed by atoms with Crippen LogP contribution in [0.3, 0.4) is 0 Å². The van der Waals surface area contributed by atoms with Crippen LogP contribution < -0.4 is 20.5 Å². The summed E-state index contributed by atoms with van der Waals surface area (Å²) < 4.78 is 16.8. The number of rotatable bonds is 7. The average molecular weight is 452 g/mol. The smallest absolute Gasteiger partial charge is 0.400 e. The van der Waals surface area contributed by atoms with Crippen molar-refractivity contribution in [3.8, 4) is 17.6 Å². The summed E-state index contributed by atoms with van der Waals surface area (Å²) in [5, 5.41) is 3.23. The van der Waals surface area contributed by atoms with Crippen molar-refractivity contribution in [1.29, 1.82) is 0 Å². The Hall–Kier alpha value is -4.04. The van der Waals surface area contributed by atoms with Crippen LogP contribution in [0, 0.1) is 0 Å². The topological polar surface area (TPSA) is 117 Å². The van der Waals surface area contributed by atoms with E-state index in [1.54, 1.807) is 67.6 Å². The fraction of sp³-hybridized carbons (Fsp3) is 0.0870. The number of nitrogens with one attached hydrogen (secondary N) is 1. The molecule has 4 rings (SSSR count). The number of anilines is 1. The molecule has 0 bridgehead atoms. The first-order valence-electron chi connectivity index (χ1n) is 9.59. The van der Waals surface area contributed by atoms with Gasteiger partial charge in [0.2, 0.25) is 5.91 Å². The largest absolute Gasteiger partial charge is 0.481 e. The minimum atomic E-state index is -0.791. The maximum absolute atomic E-state index is 12.4. The van der Waals surface area contributed by atoms with Gasteiger partial charge in [0.25, 0.3) is 5.91 Å². The van der Waals surface area contributed by atoms with Gasteiger partial charge in [-0.15, -0.1) is 0 Å². The van der Waals surface area contributed by atoms with Crippen LogP contribution in [0.4, 0.5) is 5.69 Å². The van der Waals surface area contributed by atoms with Gasteiger partial charge in [-0.05, 0) is 61.5 Å². The molecule has 162 valence electrons. The molecular formula is C23H18ClN3O5. The molecule has 0 aliphatic carbocycles. The zero-order valence-corrected chi connectivity index (χ0v) is 17.6. The molecule has 0 aliphatic rings. The van der Waals surface area contributed by atoms with Crippen molar-refractivity contribution in [3.05, 3.63) is 77.3 Å². The Kier molecular flexibility index (Phi) is 5.96. The number of oxazole rings is 1. The van der Waals surface area contributed by atoms with Crippen LogP contribution in [0.1, 0.15) is 17.3 Å². The van der Waals surface area contributed by atoms with E-state index >= 15 is 0 Å².